The molecule has 9 heteroatoms. The maximum Gasteiger partial charge on any atom is 0.222 e. The smallest absolute Gasteiger partial charge is 0.222 e. The molecule has 8 nitrogen and oxygen atoms in total. The maximum absolute atomic E-state index is 5.89. The average Bonchev–Trinajstić information content (AvgIpc) is 3.44. The zero-order valence-corrected chi connectivity index (χ0v) is 14.8. The van der Waals surface area contributed by atoms with Crippen LogP contribution >= 0.6 is 11.3 Å². The fourth-order valence-electron chi connectivity index (χ4n) is 2.81. The van der Waals surface area contributed by atoms with E-state index in [1.807, 2.05) is 35.7 Å². The molecule has 0 bridgehead atoms. The van der Waals surface area contributed by atoms with Crippen molar-refractivity contribution in [2.24, 2.45) is 0 Å². The van der Waals surface area contributed by atoms with Crippen LogP contribution in [0.1, 0.15) is 5.69 Å². The van der Waals surface area contributed by atoms with Gasteiger partial charge in [-0.2, -0.15) is 4.98 Å². The van der Waals surface area contributed by atoms with Crippen LogP contribution in [-0.4, -0.2) is 29.9 Å². The highest BCUT2D eigenvalue weighted by atomic mass is 32.1. The predicted molar refractivity (Wildman–Crippen MR) is 102 cm³/mol. The molecule has 132 valence electrons. The van der Waals surface area contributed by atoms with E-state index < -0.39 is 0 Å². The molecule has 5 rings (SSSR count). The molecule has 0 unspecified atom stereocenters. The molecule has 5 aromatic rings. The number of fused-ring (bicyclic) bond motifs is 1. The summed E-state index contributed by atoms with van der Waals surface area (Å²) in [5.41, 5.74) is 9.46. The van der Waals surface area contributed by atoms with Gasteiger partial charge in [0.15, 0.2) is 16.9 Å². The number of anilines is 1. The number of hydrogen-bond acceptors (Lipinski definition) is 8. The Morgan fingerprint density at radius 2 is 1.93 bits per heavy atom. The van der Waals surface area contributed by atoms with Gasteiger partial charge in [0, 0.05) is 10.9 Å². The van der Waals surface area contributed by atoms with Crippen LogP contribution in [0.15, 0.2) is 58.5 Å². The molecule has 0 amide bonds. The number of nitrogens with zero attached hydrogens (tertiary/aromatic N) is 6. The molecule has 4 heterocycles. The summed E-state index contributed by atoms with van der Waals surface area (Å²) in [6.45, 7) is 0.438. The number of benzene rings is 1. The van der Waals surface area contributed by atoms with Gasteiger partial charge in [-0.3, -0.25) is 0 Å². The Bertz CT molecular complexity index is 1210. The largest absolute Gasteiger partial charge is 0.463 e. The number of thiazole rings is 1. The Morgan fingerprint density at radius 3 is 2.74 bits per heavy atom. The standard InChI is InChI=1S/C18H13N7OS/c19-18-21-14(13-7-4-8-26-13)15-16(22-18)25(24-23-15)9-12-10-27-17(20-12)11-5-2-1-3-6-11/h1-8,10H,9H2,(H2,19,21,22). The highest BCUT2D eigenvalue weighted by Crippen LogP contribution is 2.27. The lowest BCUT2D eigenvalue weighted by Gasteiger charge is -2.02. The predicted octanol–water partition coefficient (Wildman–Crippen LogP) is 3.24. The summed E-state index contributed by atoms with van der Waals surface area (Å²) in [6, 6.07) is 13.6. The van der Waals surface area contributed by atoms with Crippen LogP contribution in [0.2, 0.25) is 0 Å². The highest BCUT2D eigenvalue weighted by Gasteiger charge is 2.17. The van der Waals surface area contributed by atoms with Gasteiger partial charge in [0.05, 0.1) is 18.5 Å². The molecule has 0 spiro atoms. The van der Waals surface area contributed by atoms with Crippen molar-refractivity contribution in [1.29, 1.82) is 0 Å². The van der Waals surface area contributed by atoms with E-state index in [0.717, 1.165) is 16.3 Å². The summed E-state index contributed by atoms with van der Waals surface area (Å²) in [5, 5.41) is 11.4. The van der Waals surface area contributed by atoms with Gasteiger partial charge in [0.2, 0.25) is 5.95 Å². The number of rotatable bonds is 4. The van der Waals surface area contributed by atoms with E-state index in [0.29, 0.717) is 29.2 Å². The fraction of sp³-hybridized carbons (Fsp3) is 0.0556. The monoisotopic (exact) mass is 375 g/mol. The summed E-state index contributed by atoms with van der Waals surface area (Å²) in [6.07, 6.45) is 1.57. The third-order valence-corrected chi connectivity index (χ3v) is 4.96. The molecule has 0 atom stereocenters. The number of hydrogen-bond donors (Lipinski definition) is 1. The Morgan fingerprint density at radius 1 is 1.04 bits per heavy atom. The summed E-state index contributed by atoms with van der Waals surface area (Å²) in [7, 11) is 0. The minimum Gasteiger partial charge on any atom is -0.463 e. The van der Waals surface area contributed by atoms with E-state index in [4.69, 9.17) is 15.1 Å². The Hall–Kier alpha value is -3.59. The van der Waals surface area contributed by atoms with Crippen molar-refractivity contribution in [1.82, 2.24) is 29.9 Å². The van der Waals surface area contributed by atoms with E-state index in [1.54, 1.807) is 34.4 Å². The van der Waals surface area contributed by atoms with Gasteiger partial charge in [-0.05, 0) is 12.1 Å². The summed E-state index contributed by atoms with van der Waals surface area (Å²) < 4.78 is 7.10. The lowest BCUT2D eigenvalue weighted by molar-refractivity contribution is 0.580. The molecule has 0 aliphatic heterocycles. The van der Waals surface area contributed by atoms with Crippen LogP contribution in [-0.2, 0) is 6.54 Å². The molecular formula is C18H13N7OS. The normalized spacial score (nSPS) is 11.3. The van der Waals surface area contributed by atoms with Crippen LogP contribution in [0.4, 0.5) is 5.95 Å². The maximum atomic E-state index is 5.89. The third kappa shape index (κ3) is 2.83. The van der Waals surface area contributed by atoms with Crippen LogP contribution in [0, 0.1) is 0 Å². The molecule has 2 N–H and O–H groups in total. The lowest BCUT2D eigenvalue weighted by Crippen LogP contribution is -2.05. The Labute approximate surface area is 157 Å². The number of furan rings is 1. The molecular weight excluding hydrogens is 362 g/mol. The van der Waals surface area contributed by atoms with E-state index in [1.165, 1.54) is 0 Å². The molecule has 0 aliphatic carbocycles. The van der Waals surface area contributed by atoms with Crippen LogP contribution in [0.25, 0.3) is 33.2 Å². The third-order valence-electron chi connectivity index (χ3n) is 4.02. The van der Waals surface area contributed by atoms with E-state index in [2.05, 4.69) is 20.3 Å². The van der Waals surface area contributed by atoms with Gasteiger partial charge in [-0.15, -0.1) is 16.4 Å². The van der Waals surface area contributed by atoms with Gasteiger partial charge in [0.25, 0.3) is 0 Å². The Kier molecular flexibility index (Phi) is 3.65. The van der Waals surface area contributed by atoms with Crippen molar-refractivity contribution in [2.75, 3.05) is 5.73 Å². The lowest BCUT2D eigenvalue weighted by atomic mass is 10.2. The first-order chi connectivity index (χ1) is 13.3. The van der Waals surface area contributed by atoms with E-state index >= 15 is 0 Å². The summed E-state index contributed by atoms with van der Waals surface area (Å²) in [5.74, 6) is 0.710. The number of nitrogens with two attached hydrogens (primary N) is 1. The second kappa shape index (κ2) is 6.29. The van der Waals surface area contributed by atoms with Crippen molar-refractivity contribution in [2.45, 2.75) is 6.54 Å². The van der Waals surface area contributed by atoms with Crippen LogP contribution in [0.3, 0.4) is 0 Å². The second-order valence-electron chi connectivity index (χ2n) is 5.84. The number of nitrogen functional groups attached to an aromatic ring is 1. The van der Waals surface area contributed by atoms with Gasteiger partial charge in [0.1, 0.15) is 10.7 Å². The molecule has 1 aromatic carbocycles. The zero-order chi connectivity index (χ0) is 18.2. The van der Waals surface area contributed by atoms with Crippen molar-refractivity contribution in [3.63, 3.8) is 0 Å². The topological polar surface area (TPSA) is 109 Å². The van der Waals surface area contributed by atoms with E-state index in [-0.39, 0.29) is 5.95 Å². The van der Waals surface area contributed by atoms with Crippen LogP contribution < -0.4 is 5.73 Å². The van der Waals surface area contributed by atoms with Crippen molar-refractivity contribution in [3.05, 3.63) is 59.8 Å². The van der Waals surface area contributed by atoms with Gasteiger partial charge in [-0.1, -0.05) is 35.5 Å². The Balaban J connectivity index is 1.52. The quantitative estimate of drug-likeness (QED) is 0.513. The minimum absolute atomic E-state index is 0.140. The highest BCUT2D eigenvalue weighted by molar-refractivity contribution is 7.13. The summed E-state index contributed by atoms with van der Waals surface area (Å²) >= 11 is 1.59. The first-order valence-corrected chi connectivity index (χ1v) is 9.06. The molecule has 0 aliphatic rings. The number of aromatic nitrogens is 6. The van der Waals surface area contributed by atoms with E-state index in [9.17, 15) is 0 Å². The van der Waals surface area contributed by atoms with Crippen molar-refractivity contribution < 1.29 is 4.42 Å². The molecule has 0 fully saturated rings. The minimum atomic E-state index is 0.140. The van der Waals surface area contributed by atoms with Gasteiger partial charge in [-0.25, -0.2) is 14.6 Å². The van der Waals surface area contributed by atoms with Gasteiger partial charge >= 0.3 is 0 Å². The van der Waals surface area contributed by atoms with Crippen molar-refractivity contribution in [3.8, 4) is 22.0 Å². The first-order valence-electron chi connectivity index (χ1n) is 8.18. The molecule has 0 radical (unpaired) electrons. The molecule has 0 saturated carbocycles. The van der Waals surface area contributed by atoms with Crippen LogP contribution in [0.5, 0.6) is 0 Å². The first kappa shape index (κ1) is 15.6. The SMILES string of the molecule is Nc1nc(-c2ccco2)c2nnn(Cc3csc(-c4ccccc4)n3)c2n1. The summed E-state index contributed by atoms with van der Waals surface area (Å²) in [4.78, 5) is 13.3. The average molecular weight is 375 g/mol. The van der Waals surface area contributed by atoms with Crippen molar-refractivity contribution >= 4 is 28.4 Å². The van der Waals surface area contributed by atoms with Gasteiger partial charge < -0.3 is 10.2 Å². The molecule has 0 saturated heterocycles. The molecule has 4 aromatic heterocycles. The fourth-order valence-corrected chi connectivity index (χ4v) is 3.63. The second-order valence-corrected chi connectivity index (χ2v) is 6.70. The molecule has 27 heavy (non-hydrogen) atoms. The zero-order valence-electron chi connectivity index (χ0n) is 14.0.